The van der Waals surface area contributed by atoms with E-state index in [2.05, 4.69) is 0 Å². The van der Waals surface area contributed by atoms with Gasteiger partial charge in [-0.2, -0.15) is 0 Å². The second kappa shape index (κ2) is 8.37. The van der Waals surface area contributed by atoms with E-state index in [1.54, 1.807) is 4.90 Å². The molecule has 222 valence electrons. The Morgan fingerprint density at radius 2 is 0.902 bits per heavy atom. The van der Waals surface area contributed by atoms with Gasteiger partial charge in [0.15, 0.2) is 0 Å². The molecule has 0 N–H and O–H groups in total. The van der Waals surface area contributed by atoms with Crippen molar-refractivity contribution in [3.63, 3.8) is 0 Å². The number of hydrogen-bond acceptors (Lipinski definition) is 7. The molecule has 0 aromatic rings. The molecule has 12 fully saturated rings. The van der Waals surface area contributed by atoms with Gasteiger partial charge in [-0.1, -0.05) is 0 Å². The summed E-state index contributed by atoms with van der Waals surface area (Å²) in [6.45, 7) is 7.94. The molecule has 0 spiro atoms. The lowest BCUT2D eigenvalue weighted by Gasteiger charge is -2.43. The number of esters is 1. The highest BCUT2D eigenvalue weighted by Gasteiger charge is 2.67. The van der Waals surface area contributed by atoms with Crippen molar-refractivity contribution in [2.24, 2.45) is 47.3 Å². The second-order valence-electron chi connectivity index (χ2n) is 15.0. The van der Waals surface area contributed by atoms with Gasteiger partial charge < -0.3 is 29.1 Å². The van der Waals surface area contributed by atoms with Crippen LogP contribution < -0.4 is 0 Å². The monoisotopic (exact) mass is 568 g/mol. The van der Waals surface area contributed by atoms with E-state index in [9.17, 15) is 24.0 Å². The predicted octanol–water partition coefficient (Wildman–Crippen LogP) is 0.956. The zero-order valence-electron chi connectivity index (χ0n) is 24.2. The fourth-order valence-corrected chi connectivity index (χ4v) is 9.93. The Morgan fingerprint density at radius 1 is 0.561 bits per heavy atom. The van der Waals surface area contributed by atoms with Crippen molar-refractivity contribution in [1.29, 1.82) is 0 Å². The van der Waals surface area contributed by atoms with E-state index in [1.807, 2.05) is 35.5 Å². The van der Waals surface area contributed by atoms with E-state index >= 15 is 0 Å². The van der Waals surface area contributed by atoms with Crippen molar-refractivity contribution in [2.75, 3.05) is 33.3 Å². The third-order valence-corrected chi connectivity index (χ3v) is 12.0. The molecule has 4 saturated carbocycles. The first-order valence-corrected chi connectivity index (χ1v) is 15.5. The van der Waals surface area contributed by atoms with E-state index < -0.39 is 5.60 Å². The van der Waals surface area contributed by atoms with Crippen molar-refractivity contribution in [1.82, 2.24) is 19.6 Å². The predicted molar refractivity (Wildman–Crippen MR) is 142 cm³/mol. The number of ether oxygens (including phenoxy) is 2. The molecule has 0 aromatic heterocycles. The average Bonchev–Trinajstić information content (AvgIpc) is 3.70. The van der Waals surface area contributed by atoms with Gasteiger partial charge in [0, 0.05) is 50.3 Å². The highest BCUT2D eigenvalue weighted by Crippen LogP contribution is 2.56. The van der Waals surface area contributed by atoms with Crippen molar-refractivity contribution in [2.45, 2.75) is 76.2 Å². The van der Waals surface area contributed by atoms with Crippen LogP contribution >= 0.6 is 0 Å². The lowest BCUT2D eigenvalue weighted by atomic mass is 9.70. The molecule has 0 unspecified atom stereocenters. The topological polar surface area (TPSA) is 117 Å². The summed E-state index contributed by atoms with van der Waals surface area (Å²) in [5, 5.41) is 0. The first kappa shape index (κ1) is 25.8. The highest BCUT2D eigenvalue weighted by molar-refractivity contribution is 5.90. The zero-order valence-corrected chi connectivity index (χ0v) is 24.2. The van der Waals surface area contributed by atoms with Gasteiger partial charge in [-0.3, -0.25) is 19.2 Å². The van der Waals surface area contributed by atoms with E-state index in [0.717, 1.165) is 25.7 Å². The average molecular weight is 569 g/mol. The number of carbonyl (C=O) groups excluding carboxylic acids is 5. The second-order valence-corrected chi connectivity index (χ2v) is 15.0. The summed E-state index contributed by atoms with van der Waals surface area (Å²) in [6, 6.07) is -0.307. The Labute approximate surface area is 239 Å². The van der Waals surface area contributed by atoms with E-state index in [4.69, 9.17) is 9.47 Å². The maximum absolute atomic E-state index is 13.8. The van der Waals surface area contributed by atoms with Gasteiger partial charge in [-0.25, -0.2) is 4.79 Å². The maximum Gasteiger partial charge on any atom is 0.410 e. The molecule has 8 bridgehead atoms. The van der Waals surface area contributed by atoms with E-state index in [-0.39, 0.29) is 101 Å². The molecule has 8 aliphatic heterocycles. The largest absolute Gasteiger partial charge is 0.469 e. The maximum atomic E-state index is 13.8. The van der Waals surface area contributed by atoms with Crippen LogP contribution in [0.4, 0.5) is 4.79 Å². The molecule has 12 aliphatic rings. The summed E-state index contributed by atoms with van der Waals surface area (Å²) in [5.74, 6) is 0.0554. The number of carbonyl (C=O) groups is 5. The zero-order chi connectivity index (χ0) is 28.7. The number of fused-ring (bicyclic) bond motifs is 4. The van der Waals surface area contributed by atoms with Crippen LogP contribution in [-0.2, 0) is 28.7 Å². The van der Waals surface area contributed by atoms with Gasteiger partial charge in [0.25, 0.3) is 0 Å². The number of nitrogens with zero attached hydrogens (tertiary/aromatic N) is 4. The molecule has 0 radical (unpaired) electrons. The standard InChI is InChI=1S/C30H40N4O7/c1-30(2,3)41-29(39)34-12-15-7-19(34)23(15)27(37)32-10-13-5-17(32)21(13)25(35)31-9-14-6-18(31)22(14)26(36)33-11-16-8-20(33)24(16)28(38)40-4/h13-24H,5-12H2,1-4H3/t13-,14-,15-,16-,17-,18-,19-,20-,21+,22+,23+,24+/m0/s1. The van der Waals surface area contributed by atoms with Crippen LogP contribution in [0.3, 0.4) is 0 Å². The van der Waals surface area contributed by atoms with E-state index in [1.165, 1.54) is 7.11 Å². The molecule has 0 aromatic carbocycles. The molecule has 12 atom stereocenters. The summed E-state index contributed by atoms with van der Waals surface area (Å²) < 4.78 is 10.5. The van der Waals surface area contributed by atoms with Gasteiger partial charge in [0.05, 0.1) is 30.8 Å². The van der Waals surface area contributed by atoms with Crippen molar-refractivity contribution in [3.8, 4) is 0 Å². The smallest absolute Gasteiger partial charge is 0.410 e. The Hall–Kier alpha value is -2.85. The van der Waals surface area contributed by atoms with Crippen LogP contribution in [0.15, 0.2) is 0 Å². The molecule has 4 aliphatic carbocycles. The SMILES string of the molecule is COC(=O)[C@@H]1[C@H]2C[C@@H]1N(C(=O)[C@@H]1[C@H]3C[C@@H]1N(C(=O)[C@@H]1[C@H]4C[C@@H]1N(C(=O)[C@@H]1[C@H]5C[C@@H]1N(C(=O)OC(C)(C)C)C5)C4)C3)C2. The summed E-state index contributed by atoms with van der Waals surface area (Å²) >= 11 is 0. The third kappa shape index (κ3) is 3.40. The number of amides is 4. The molecule has 41 heavy (non-hydrogen) atoms. The van der Waals surface area contributed by atoms with Crippen LogP contribution in [0.5, 0.6) is 0 Å². The summed E-state index contributed by atoms with van der Waals surface area (Å²) in [7, 11) is 1.40. The molecule has 11 nitrogen and oxygen atoms in total. The van der Waals surface area contributed by atoms with Crippen LogP contribution in [0.25, 0.3) is 0 Å². The fourth-order valence-electron chi connectivity index (χ4n) is 9.93. The van der Waals surface area contributed by atoms with Crippen molar-refractivity contribution < 1.29 is 33.4 Å². The Bertz CT molecular complexity index is 1250. The lowest BCUT2D eigenvalue weighted by Crippen LogP contribution is -2.56. The Morgan fingerprint density at radius 3 is 1.29 bits per heavy atom. The van der Waals surface area contributed by atoms with Crippen molar-refractivity contribution in [3.05, 3.63) is 0 Å². The Kier molecular flexibility index (Phi) is 5.27. The van der Waals surface area contributed by atoms with Gasteiger partial charge in [-0.05, 0) is 70.1 Å². The summed E-state index contributed by atoms with van der Waals surface area (Å²) in [6.07, 6.45) is 3.08. The quantitative estimate of drug-likeness (QED) is 0.464. The summed E-state index contributed by atoms with van der Waals surface area (Å²) in [5.41, 5.74) is -0.576. The number of methoxy groups -OCH3 is 1. The van der Waals surface area contributed by atoms with Gasteiger partial charge in [-0.15, -0.1) is 0 Å². The minimum Gasteiger partial charge on any atom is -0.469 e. The first-order valence-electron chi connectivity index (χ1n) is 15.5. The van der Waals surface area contributed by atoms with Crippen LogP contribution in [0, 0.1) is 47.3 Å². The molecule has 11 heteroatoms. The number of hydrogen-bond donors (Lipinski definition) is 0. The molecule has 8 saturated heterocycles. The highest BCUT2D eigenvalue weighted by atomic mass is 16.6. The van der Waals surface area contributed by atoms with Gasteiger partial charge >= 0.3 is 12.1 Å². The number of rotatable bonds is 4. The third-order valence-electron chi connectivity index (χ3n) is 12.0. The van der Waals surface area contributed by atoms with Gasteiger partial charge in [0.2, 0.25) is 17.7 Å². The molecule has 8 heterocycles. The van der Waals surface area contributed by atoms with Crippen LogP contribution in [0.2, 0.25) is 0 Å². The molecular weight excluding hydrogens is 528 g/mol. The van der Waals surface area contributed by atoms with Gasteiger partial charge in [0.1, 0.15) is 5.60 Å². The molecular formula is C30H40N4O7. The molecule has 12 rings (SSSR count). The lowest BCUT2D eigenvalue weighted by molar-refractivity contribution is -0.153. The fraction of sp³-hybridized carbons (Fsp3) is 0.833. The van der Waals surface area contributed by atoms with E-state index in [0.29, 0.717) is 26.2 Å². The van der Waals surface area contributed by atoms with Crippen molar-refractivity contribution >= 4 is 29.8 Å². The minimum absolute atomic E-state index is 0.0563. The minimum atomic E-state index is -0.576. The normalized spacial score (nSPS) is 44.1. The Balaban J connectivity index is 0.894. The molecule has 4 amide bonds. The van der Waals surface area contributed by atoms with Crippen LogP contribution in [-0.4, -0.2) is 112 Å². The summed E-state index contributed by atoms with van der Waals surface area (Å²) in [4.78, 5) is 73.5. The first-order chi connectivity index (χ1) is 19.5. The van der Waals surface area contributed by atoms with Crippen LogP contribution in [0.1, 0.15) is 46.5 Å².